The highest BCUT2D eigenvalue weighted by atomic mass is 32.1. The topological polar surface area (TPSA) is 74.2 Å². The van der Waals surface area contributed by atoms with E-state index in [0.717, 1.165) is 49.1 Å². The molecule has 24 heavy (non-hydrogen) atoms. The third-order valence-corrected chi connectivity index (χ3v) is 4.81. The lowest BCUT2D eigenvalue weighted by molar-refractivity contribution is -0.122. The number of anilines is 1. The molecule has 7 nitrogen and oxygen atoms in total. The molecule has 1 amide bonds. The summed E-state index contributed by atoms with van der Waals surface area (Å²) in [7, 11) is 0. The van der Waals surface area contributed by atoms with Gasteiger partial charge in [0.2, 0.25) is 11.0 Å². The first-order valence-electron chi connectivity index (χ1n) is 8.20. The average Bonchev–Trinajstić information content (AvgIpc) is 3.11. The molecule has 1 fully saturated rings. The summed E-state index contributed by atoms with van der Waals surface area (Å²) in [4.78, 5) is 25.1. The van der Waals surface area contributed by atoms with Crippen LogP contribution >= 0.6 is 11.5 Å². The minimum atomic E-state index is 0.0523. The Kier molecular flexibility index (Phi) is 5.71. The van der Waals surface area contributed by atoms with Crippen LogP contribution in [-0.2, 0) is 17.8 Å². The second-order valence-electron chi connectivity index (χ2n) is 5.75. The van der Waals surface area contributed by atoms with Gasteiger partial charge in [0.15, 0.2) is 0 Å². The number of rotatable bonds is 6. The molecule has 8 heteroatoms. The highest BCUT2D eigenvalue weighted by molar-refractivity contribution is 7.09. The first kappa shape index (κ1) is 16.8. The van der Waals surface area contributed by atoms with Gasteiger partial charge in [-0.2, -0.15) is 4.37 Å². The van der Waals surface area contributed by atoms with Crippen molar-refractivity contribution >= 4 is 22.6 Å². The zero-order valence-corrected chi connectivity index (χ0v) is 14.6. The van der Waals surface area contributed by atoms with Crippen LogP contribution in [0.3, 0.4) is 0 Å². The first-order chi connectivity index (χ1) is 11.7. The highest BCUT2D eigenvalue weighted by Gasteiger charge is 2.21. The van der Waals surface area contributed by atoms with E-state index >= 15 is 0 Å². The Morgan fingerprint density at radius 3 is 2.83 bits per heavy atom. The van der Waals surface area contributed by atoms with Gasteiger partial charge in [-0.25, -0.2) is 4.98 Å². The van der Waals surface area contributed by atoms with Crippen LogP contribution < -0.4 is 10.2 Å². The number of nitrogens with one attached hydrogen (secondary N) is 1. The number of hydrogen-bond acceptors (Lipinski definition) is 7. The molecule has 128 valence electrons. The van der Waals surface area contributed by atoms with Gasteiger partial charge in [-0.1, -0.05) is 13.0 Å². The molecule has 0 aromatic carbocycles. The second-order valence-corrected chi connectivity index (χ2v) is 6.48. The number of aryl methyl sites for hydroxylation is 1. The number of carbonyl (C=O) groups is 1. The molecule has 2 aromatic heterocycles. The summed E-state index contributed by atoms with van der Waals surface area (Å²) in [5.74, 6) is 0.962. The van der Waals surface area contributed by atoms with E-state index in [4.69, 9.17) is 0 Å². The van der Waals surface area contributed by atoms with Gasteiger partial charge in [0.1, 0.15) is 5.82 Å². The molecule has 3 heterocycles. The van der Waals surface area contributed by atoms with E-state index in [9.17, 15) is 4.79 Å². The molecule has 0 saturated carbocycles. The highest BCUT2D eigenvalue weighted by Crippen LogP contribution is 2.19. The quantitative estimate of drug-likeness (QED) is 0.839. The van der Waals surface area contributed by atoms with Gasteiger partial charge < -0.3 is 10.2 Å². The molecule has 1 aliphatic heterocycles. The van der Waals surface area contributed by atoms with Crippen molar-refractivity contribution < 1.29 is 4.79 Å². The molecular weight excluding hydrogens is 324 g/mol. The summed E-state index contributed by atoms with van der Waals surface area (Å²) in [5, 5.41) is 3.94. The number of carbonyl (C=O) groups excluding carboxylic acids is 1. The number of amides is 1. The van der Waals surface area contributed by atoms with Crippen molar-refractivity contribution in [2.75, 3.05) is 37.6 Å². The molecule has 0 aliphatic carbocycles. The minimum absolute atomic E-state index is 0.0523. The SMILES string of the molecule is CCc1nsc(N2CCN(CC(=O)NCc3cccnc3)CC2)n1. The van der Waals surface area contributed by atoms with E-state index in [-0.39, 0.29) is 5.91 Å². The van der Waals surface area contributed by atoms with Crippen LogP contribution in [0.2, 0.25) is 0 Å². The van der Waals surface area contributed by atoms with Gasteiger partial charge in [0.05, 0.1) is 6.54 Å². The van der Waals surface area contributed by atoms with Gasteiger partial charge in [0, 0.05) is 63.1 Å². The van der Waals surface area contributed by atoms with E-state index in [1.54, 1.807) is 12.4 Å². The molecule has 2 aromatic rings. The smallest absolute Gasteiger partial charge is 0.234 e. The fourth-order valence-electron chi connectivity index (χ4n) is 2.58. The third kappa shape index (κ3) is 4.48. The summed E-state index contributed by atoms with van der Waals surface area (Å²) < 4.78 is 4.34. The Morgan fingerprint density at radius 1 is 1.33 bits per heavy atom. The maximum absolute atomic E-state index is 12.1. The van der Waals surface area contributed by atoms with Crippen LogP contribution in [0, 0.1) is 0 Å². The zero-order chi connectivity index (χ0) is 16.8. The van der Waals surface area contributed by atoms with E-state index in [0.29, 0.717) is 13.1 Å². The van der Waals surface area contributed by atoms with Crippen LogP contribution in [0.15, 0.2) is 24.5 Å². The monoisotopic (exact) mass is 346 g/mol. The molecular formula is C16H22N6OS. The molecule has 1 N–H and O–H groups in total. The van der Waals surface area contributed by atoms with Crippen molar-refractivity contribution in [2.45, 2.75) is 19.9 Å². The fourth-order valence-corrected chi connectivity index (χ4v) is 3.38. The Labute approximate surface area is 145 Å². The summed E-state index contributed by atoms with van der Waals surface area (Å²) in [6, 6.07) is 3.83. The minimum Gasteiger partial charge on any atom is -0.351 e. The summed E-state index contributed by atoms with van der Waals surface area (Å²) in [6.45, 7) is 6.51. The van der Waals surface area contributed by atoms with Gasteiger partial charge in [0.25, 0.3) is 0 Å². The van der Waals surface area contributed by atoms with E-state index in [2.05, 4.69) is 36.4 Å². The number of piperazine rings is 1. The molecule has 0 radical (unpaired) electrons. The second kappa shape index (κ2) is 8.16. The van der Waals surface area contributed by atoms with Gasteiger partial charge >= 0.3 is 0 Å². The number of pyridine rings is 1. The van der Waals surface area contributed by atoms with Crippen molar-refractivity contribution in [3.05, 3.63) is 35.9 Å². The Balaban J connectivity index is 1.41. The summed E-state index contributed by atoms with van der Waals surface area (Å²) >= 11 is 1.46. The molecule has 0 atom stereocenters. The van der Waals surface area contributed by atoms with Crippen LogP contribution in [-0.4, -0.2) is 57.9 Å². The maximum Gasteiger partial charge on any atom is 0.234 e. The molecule has 1 aliphatic rings. The van der Waals surface area contributed by atoms with Gasteiger partial charge in [-0.15, -0.1) is 0 Å². The van der Waals surface area contributed by atoms with Crippen molar-refractivity contribution in [1.29, 1.82) is 0 Å². The van der Waals surface area contributed by atoms with Crippen LogP contribution in [0.4, 0.5) is 5.13 Å². The number of hydrogen-bond donors (Lipinski definition) is 1. The van der Waals surface area contributed by atoms with Crippen molar-refractivity contribution in [3.8, 4) is 0 Å². The Bertz CT molecular complexity index is 654. The molecule has 0 unspecified atom stereocenters. The largest absolute Gasteiger partial charge is 0.351 e. The van der Waals surface area contributed by atoms with Gasteiger partial charge in [-0.3, -0.25) is 14.7 Å². The third-order valence-electron chi connectivity index (χ3n) is 4.00. The normalized spacial score (nSPS) is 15.5. The van der Waals surface area contributed by atoms with Crippen LogP contribution in [0.1, 0.15) is 18.3 Å². The van der Waals surface area contributed by atoms with Crippen molar-refractivity contribution in [2.24, 2.45) is 0 Å². The lowest BCUT2D eigenvalue weighted by atomic mass is 10.3. The van der Waals surface area contributed by atoms with Crippen LogP contribution in [0.5, 0.6) is 0 Å². The molecule has 0 bridgehead atoms. The number of aromatic nitrogens is 3. The standard InChI is InChI=1S/C16H22N6OS/c1-2-14-19-16(24-20-14)22-8-6-21(7-9-22)12-15(23)18-11-13-4-3-5-17-10-13/h3-5,10H,2,6-9,11-12H2,1H3,(H,18,23). The average molecular weight is 346 g/mol. The van der Waals surface area contributed by atoms with E-state index in [1.807, 2.05) is 12.1 Å². The van der Waals surface area contributed by atoms with Crippen molar-refractivity contribution in [1.82, 2.24) is 24.6 Å². The molecule has 1 saturated heterocycles. The van der Waals surface area contributed by atoms with E-state index in [1.165, 1.54) is 11.5 Å². The van der Waals surface area contributed by atoms with Crippen molar-refractivity contribution in [3.63, 3.8) is 0 Å². The fraction of sp³-hybridized carbons (Fsp3) is 0.500. The summed E-state index contributed by atoms with van der Waals surface area (Å²) in [6.07, 6.45) is 4.37. The first-order valence-corrected chi connectivity index (χ1v) is 8.97. The Hall–Kier alpha value is -2.06. The lowest BCUT2D eigenvalue weighted by Crippen LogP contribution is -2.49. The lowest BCUT2D eigenvalue weighted by Gasteiger charge is -2.33. The summed E-state index contributed by atoms with van der Waals surface area (Å²) in [5.41, 5.74) is 1.01. The number of nitrogens with zero attached hydrogens (tertiary/aromatic N) is 5. The van der Waals surface area contributed by atoms with Crippen LogP contribution in [0.25, 0.3) is 0 Å². The Morgan fingerprint density at radius 2 is 2.17 bits per heavy atom. The predicted octanol–water partition coefficient (Wildman–Crippen LogP) is 0.934. The maximum atomic E-state index is 12.1. The van der Waals surface area contributed by atoms with E-state index < -0.39 is 0 Å². The molecule has 0 spiro atoms. The molecule has 3 rings (SSSR count). The zero-order valence-electron chi connectivity index (χ0n) is 13.8. The van der Waals surface area contributed by atoms with Gasteiger partial charge in [-0.05, 0) is 11.6 Å². The predicted molar refractivity (Wildman–Crippen MR) is 94.0 cm³/mol.